The number of hydrogen-bond acceptors (Lipinski definition) is 4. The van der Waals surface area contributed by atoms with E-state index >= 15 is 0 Å². The van der Waals surface area contributed by atoms with E-state index in [1.165, 1.54) is 0 Å². The molecule has 0 rings (SSSR count). The Morgan fingerprint density at radius 1 is 1.70 bits per heavy atom. The van der Waals surface area contributed by atoms with Gasteiger partial charge in [-0.1, -0.05) is 13.8 Å². The molecule has 0 radical (unpaired) electrons. The smallest absolute Gasteiger partial charge is 0.334 e. The van der Waals surface area contributed by atoms with Gasteiger partial charge in [-0.25, -0.2) is 4.79 Å². The van der Waals surface area contributed by atoms with Gasteiger partial charge in [0.05, 0.1) is 0 Å². The maximum Gasteiger partial charge on any atom is 0.334 e. The second-order valence-corrected chi connectivity index (χ2v) is 2.83. The molecule has 1 atom stereocenters. The van der Waals surface area contributed by atoms with Crippen molar-refractivity contribution in [3.8, 4) is 0 Å². The molecular formula is C6H13NO2S. The van der Waals surface area contributed by atoms with Crippen molar-refractivity contribution in [1.82, 2.24) is 0 Å². The lowest BCUT2D eigenvalue weighted by Gasteiger charge is -2.09. The van der Waals surface area contributed by atoms with Crippen LogP contribution in [0.5, 0.6) is 0 Å². The van der Waals surface area contributed by atoms with Gasteiger partial charge in [0.1, 0.15) is 6.04 Å². The van der Waals surface area contributed by atoms with E-state index in [9.17, 15) is 4.79 Å². The van der Waals surface area contributed by atoms with Crippen LogP contribution in [0.1, 0.15) is 20.3 Å². The third kappa shape index (κ3) is 3.74. The zero-order valence-electron chi connectivity index (χ0n) is 6.20. The Morgan fingerprint density at radius 3 is 2.50 bits per heavy atom. The fourth-order valence-electron chi connectivity index (χ4n) is 0.672. The van der Waals surface area contributed by atoms with Crippen molar-refractivity contribution in [3.05, 3.63) is 0 Å². The Morgan fingerprint density at radius 2 is 2.20 bits per heavy atom. The Labute approximate surface area is 66.5 Å². The highest BCUT2D eigenvalue weighted by Crippen LogP contribution is 2.04. The molecule has 2 N–H and O–H groups in total. The molecule has 0 fully saturated rings. The molecule has 0 amide bonds. The SMILES string of the molecule is CC(C)CC(N)C(=O)OS. The van der Waals surface area contributed by atoms with Gasteiger partial charge < -0.3 is 9.92 Å². The average Bonchev–Trinajstić information content (AvgIpc) is 1.85. The van der Waals surface area contributed by atoms with Crippen LogP contribution in [0.15, 0.2) is 0 Å². The van der Waals surface area contributed by atoms with Crippen molar-refractivity contribution in [3.63, 3.8) is 0 Å². The zero-order chi connectivity index (χ0) is 8.15. The Kier molecular flexibility index (Phi) is 4.47. The molecule has 0 aromatic rings. The number of nitrogens with two attached hydrogens (primary N) is 1. The molecule has 1 unspecified atom stereocenters. The summed E-state index contributed by atoms with van der Waals surface area (Å²) >= 11 is 3.35. The number of hydrogen-bond donors (Lipinski definition) is 2. The minimum absolute atomic E-state index is 0.405. The highest BCUT2D eigenvalue weighted by atomic mass is 32.1. The topological polar surface area (TPSA) is 52.3 Å². The first-order chi connectivity index (χ1) is 4.57. The highest BCUT2D eigenvalue weighted by molar-refractivity contribution is 7.75. The largest absolute Gasteiger partial charge is 0.393 e. The fourth-order valence-corrected chi connectivity index (χ4v) is 0.807. The number of rotatable bonds is 3. The Balaban J connectivity index is 3.61. The standard InChI is InChI=1S/C6H13NO2S/c1-4(2)3-5(7)6(8)9-10/h4-5,10H,3,7H2,1-2H3. The number of carbonyl (C=O) groups is 1. The van der Waals surface area contributed by atoms with Crippen LogP contribution in [0.25, 0.3) is 0 Å². The molecule has 0 aliphatic carbocycles. The van der Waals surface area contributed by atoms with E-state index in [1.54, 1.807) is 0 Å². The van der Waals surface area contributed by atoms with Gasteiger partial charge in [0.25, 0.3) is 0 Å². The molecule has 0 heterocycles. The fraction of sp³-hybridized carbons (Fsp3) is 0.833. The molecule has 10 heavy (non-hydrogen) atoms. The van der Waals surface area contributed by atoms with E-state index in [1.807, 2.05) is 13.8 Å². The van der Waals surface area contributed by atoms with E-state index in [0.717, 1.165) is 0 Å². The molecular weight excluding hydrogens is 150 g/mol. The minimum atomic E-state index is -0.530. The maximum atomic E-state index is 10.6. The van der Waals surface area contributed by atoms with E-state index in [-0.39, 0.29) is 0 Å². The van der Waals surface area contributed by atoms with Crippen molar-refractivity contribution < 1.29 is 8.98 Å². The van der Waals surface area contributed by atoms with Gasteiger partial charge in [-0.3, -0.25) is 0 Å². The van der Waals surface area contributed by atoms with Gasteiger partial charge in [-0.05, 0) is 12.3 Å². The van der Waals surface area contributed by atoms with E-state index in [4.69, 9.17) is 5.73 Å². The van der Waals surface area contributed by atoms with Crippen LogP contribution in [0, 0.1) is 5.92 Å². The van der Waals surface area contributed by atoms with Gasteiger partial charge in [0, 0.05) is 12.9 Å². The van der Waals surface area contributed by atoms with Crippen LogP contribution in [0.4, 0.5) is 0 Å². The highest BCUT2D eigenvalue weighted by Gasteiger charge is 2.14. The van der Waals surface area contributed by atoms with Crippen molar-refractivity contribution >= 4 is 18.9 Å². The Bertz CT molecular complexity index is 116. The molecule has 3 nitrogen and oxygen atoms in total. The summed E-state index contributed by atoms with van der Waals surface area (Å²) in [5.41, 5.74) is 5.41. The first kappa shape index (κ1) is 9.78. The molecule has 0 aromatic heterocycles. The minimum Gasteiger partial charge on any atom is -0.393 e. The average molecular weight is 163 g/mol. The summed E-state index contributed by atoms with van der Waals surface area (Å²) in [6, 6.07) is -0.530. The van der Waals surface area contributed by atoms with Gasteiger partial charge in [-0.15, -0.1) is 0 Å². The van der Waals surface area contributed by atoms with Gasteiger partial charge in [0.15, 0.2) is 0 Å². The van der Waals surface area contributed by atoms with Crippen molar-refractivity contribution in [2.24, 2.45) is 11.7 Å². The van der Waals surface area contributed by atoms with E-state index < -0.39 is 12.0 Å². The summed E-state index contributed by atoms with van der Waals surface area (Å²) in [6.45, 7) is 3.98. The monoisotopic (exact) mass is 163 g/mol. The molecule has 4 heteroatoms. The third-order valence-corrected chi connectivity index (χ3v) is 1.30. The van der Waals surface area contributed by atoms with Crippen LogP contribution in [-0.2, 0) is 8.98 Å². The molecule has 0 aliphatic rings. The van der Waals surface area contributed by atoms with Crippen LogP contribution in [-0.4, -0.2) is 12.0 Å². The molecule has 0 saturated carbocycles. The predicted octanol–water partition coefficient (Wildman–Crippen LogP) is 0.748. The quantitative estimate of drug-likeness (QED) is 0.477. The van der Waals surface area contributed by atoms with Gasteiger partial charge in [-0.2, -0.15) is 0 Å². The summed E-state index contributed by atoms with van der Waals surface area (Å²) in [4.78, 5) is 10.6. The zero-order valence-corrected chi connectivity index (χ0v) is 7.10. The number of carbonyl (C=O) groups excluding carboxylic acids is 1. The molecule has 0 spiro atoms. The summed E-state index contributed by atoms with van der Waals surface area (Å²) in [7, 11) is 0. The van der Waals surface area contributed by atoms with Crippen molar-refractivity contribution in [2.45, 2.75) is 26.3 Å². The normalized spacial score (nSPS) is 13.3. The lowest BCUT2D eigenvalue weighted by Crippen LogP contribution is -2.31. The predicted molar refractivity (Wildman–Crippen MR) is 42.5 cm³/mol. The first-order valence-corrected chi connectivity index (χ1v) is 3.55. The van der Waals surface area contributed by atoms with Crippen LogP contribution in [0.3, 0.4) is 0 Å². The van der Waals surface area contributed by atoms with Crippen LogP contribution in [0.2, 0.25) is 0 Å². The molecule has 0 aliphatic heterocycles. The van der Waals surface area contributed by atoms with Crippen molar-refractivity contribution in [2.75, 3.05) is 0 Å². The van der Waals surface area contributed by atoms with Gasteiger partial charge >= 0.3 is 5.97 Å². The van der Waals surface area contributed by atoms with Crippen LogP contribution < -0.4 is 5.73 Å². The summed E-state index contributed by atoms with van der Waals surface area (Å²) < 4.78 is 4.14. The molecule has 60 valence electrons. The second kappa shape index (κ2) is 4.57. The van der Waals surface area contributed by atoms with Crippen LogP contribution >= 0.6 is 12.9 Å². The van der Waals surface area contributed by atoms with Crippen molar-refractivity contribution in [1.29, 1.82) is 0 Å². The van der Waals surface area contributed by atoms with E-state index in [2.05, 4.69) is 17.1 Å². The maximum absolute atomic E-state index is 10.6. The first-order valence-electron chi connectivity index (χ1n) is 3.18. The lowest BCUT2D eigenvalue weighted by atomic mass is 10.1. The third-order valence-electron chi connectivity index (χ3n) is 1.12. The number of thiol groups is 1. The Hall–Kier alpha value is -0.220. The molecule has 0 saturated heterocycles. The molecule has 0 aromatic carbocycles. The van der Waals surface area contributed by atoms with E-state index in [0.29, 0.717) is 12.3 Å². The second-order valence-electron chi connectivity index (χ2n) is 2.65. The lowest BCUT2D eigenvalue weighted by molar-refractivity contribution is -0.134. The van der Waals surface area contributed by atoms with Gasteiger partial charge in [0.2, 0.25) is 0 Å². The summed E-state index contributed by atoms with van der Waals surface area (Å²) in [6.07, 6.45) is 0.638. The molecule has 0 bridgehead atoms. The summed E-state index contributed by atoms with van der Waals surface area (Å²) in [5, 5.41) is 0. The summed E-state index contributed by atoms with van der Waals surface area (Å²) in [5.74, 6) is -0.0560.